The zero-order valence-corrected chi connectivity index (χ0v) is 12.9. The van der Waals surface area contributed by atoms with Crippen LogP contribution in [0.2, 0.25) is 0 Å². The van der Waals surface area contributed by atoms with Gasteiger partial charge in [-0.1, -0.05) is 0 Å². The van der Waals surface area contributed by atoms with Crippen LogP contribution in [0.25, 0.3) is 0 Å². The van der Waals surface area contributed by atoms with Gasteiger partial charge in [-0.2, -0.15) is 0 Å². The molecule has 0 aliphatic heterocycles. The fourth-order valence-corrected chi connectivity index (χ4v) is 1.35. The maximum absolute atomic E-state index is 12.2. The average molecular weight is 277 g/mol. The van der Waals surface area contributed by atoms with Crippen LogP contribution >= 0.6 is 0 Å². The average Bonchev–Trinajstić information content (AvgIpc) is 2.18. The van der Waals surface area contributed by atoms with E-state index in [1.165, 1.54) is 36.0 Å². The molecule has 2 nitrogen and oxygen atoms in total. The molecule has 0 saturated heterocycles. The molecule has 16 heavy (non-hydrogen) atoms. The summed E-state index contributed by atoms with van der Waals surface area (Å²) >= 11 is 1.24. The number of carboxylic acid groups (broad SMARTS) is 1. The van der Waals surface area contributed by atoms with Crippen LogP contribution in [-0.4, -0.2) is 11.1 Å². The summed E-state index contributed by atoms with van der Waals surface area (Å²) in [6.07, 6.45) is 0. The number of benzene rings is 1. The molecule has 0 amide bonds. The van der Waals surface area contributed by atoms with Crippen molar-refractivity contribution in [3.8, 4) is 0 Å². The maximum atomic E-state index is 12.2. The zero-order chi connectivity index (χ0) is 12.8. The van der Waals surface area contributed by atoms with Crippen LogP contribution in [0.4, 0.5) is 4.39 Å². The van der Waals surface area contributed by atoms with Gasteiger partial charge in [-0.3, -0.25) is 4.79 Å². The summed E-state index contributed by atoms with van der Waals surface area (Å²) in [5, 5.41) is 9.35. The molecule has 0 fully saturated rings. The molecule has 1 aromatic carbocycles. The van der Waals surface area contributed by atoms with Crippen LogP contribution < -0.4 is 0 Å². The molecule has 0 radical (unpaired) electrons. The number of rotatable bonds is 1. The van der Waals surface area contributed by atoms with Crippen molar-refractivity contribution >= 4 is 5.97 Å². The quantitative estimate of drug-likeness (QED) is 0.801. The number of halogens is 1. The topological polar surface area (TPSA) is 37.3 Å². The SMILES string of the molecule is CC(C)(C)C(=O)O.Fc1ccc([CH2][Zn])cc1. The van der Waals surface area contributed by atoms with E-state index >= 15 is 0 Å². The molecular formula is C12H16FO2Zn. The Morgan fingerprint density at radius 2 is 1.69 bits per heavy atom. The Kier molecular flexibility index (Phi) is 6.43. The molecule has 0 aliphatic rings. The molecule has 0 aromatic heterocycles. The van der Waals surface area contributed by atoms with Crippen LogP contribution in [0.3, 0.4) is 0 Å². The summed E-state index contributed by atoms with van der Waals surface area (Å²) < 4.78 is 12.2. The summed E-state index contributed by atoms with van der Waals surface area (Å²) in [6, 6.07) is 6.67. The van der Waals surface area contributed by atoms with Crippen molar-refractivity contribution in [2.24, 2.45) is 5.41 Å². The molecule has 4 heteroatoms. The van der Waals surface area contributed by atoms with E-state index in [0.717, 1.165) is 5.02 Å². The fourth-order valence-electron chi connectivity index (χ4n) is 0.651. The number of carbonyl (C=O) groups is 1. The van der Waals surface area contributed by atoms with Crippen molar-refractivity contribution < 1.29 is 32.6 Å². The minimum absolute atomic E-state index is 0.146. The van der Waals surface area contributed by atoms with Crippen LogP contribution in [0, 0.1) is 11.2 Å². The van der Waals surface area contributed by atoms with Crippen molar-refractivity contribution in [2.75, 3.05) is 0 Å². The van der Waals surface area contributed by atoms with Crippen molar-refractivity contribution in [1.29, 1.82) is 0 Å². The van der Waals surface area contributed by atoms with Gasteiger partial charge >= 0.3 is 69.3 Å². The van der Waals surface area contributed by atoms with E-state index in [-0.39, 0.29) is 5.82 Å². The van der Waals surface area contributed by atoms with Gasteiger partial charge < -0.3 is 5.11 Å². The number of aliphatic carboxylic acids is 1. The molecule has 1 N–H and O–H groups in total. The standard InChI is InChI=1S/C7H6F.C5H10O2.Zn/c1-6-2-4-7(8)5-3-6;1-5(2,3)4(6)7;/h2-5H,1H2;1-3H3,(H,6,7);. The molecule has 1 rings (SSSR count). The first-order valence-corrected chi connectivity index (χ1v) is 7.14. The second kappa shape index (κ2) is 6.75. The molecule has 85 valence electrons. The predicted octanol–water partition coefficient (Wildman–Crippen LogP) is 2.99. The third-order valence-corrected chi connectivity index (χ3v) is 3.05. The molecule has 0 heterocycles. The van der Waals surface area contributed by atoms with E-state index in [1.54, 1.807) is 20.8 Å². The van der Waals surface area contributed by atoms with E-state index in [1.807, 2.05) is 12.1 Å². The van der Waals surface area contributed by atoms with Gasteiger partial charge in [-0.25, -0.2) is 0 Å². The Morgan fingerprint density at radius 3 is 1.94 bits per heavy atom. The summed E-state index contributed by atoms with van der Waals surface area (Å²) in [5.41, 5.74) is 0.649. The van der Waals surface area contributed by atoms with Crippen LogP contribution in [-0.2, 0) is 28.1 Å². The van der Waals surface area contributed by atoms with Crippen molar-refractivity contribution in [3.05, 3.63) is 35.6 Å². The van der Waals surface area contributed by atoms with Crippen molar-refractivity contribution in [2.45, 2.75) is 25.8 Å². The Bertz CT molecular complexity index is 328. The van der Waals surface area contributed by atoms with E-state index in [2.05, 4.69) is 0 Å². The van der Waals surface area contributed by atoms with E-state index in [0.29, 0.717) is 0 Å². The third-order valence-electron chi connectivity index (χ3n) is 1.84. The molecule has 0 bridgehead atoms. The second-order valence-electron chi connectivity index (χ2n) is 4.43. The normalized spacial score (nSPS) is 10.4. The summed E-state index contributed by atoms with van der Waals surface area (Å²) in [7, 11) is 0. The zero-order valence-electron chi connectivity index (χ0n) is 9.96. The van der Waals surface area contributed by atoms with Crippen LogP contribution in [0.5, 0.6) is 0 Å². The van der Waals surface area contributed by atoms with Gasteiger partial charge in [-0.05, 0) is 20.8 Å². The molecule has 0 saturated carbocycles. The number of hydrogen-bond donors (Lipinski definition) is 1. The fraction of sp³-hybridized carbons (Fsp3) is 0.417. The minimum atomic E-state index is -0.757. The van der Waals surface area contributed by atoms with E-state index in [9.17, 15) is 9.18 Å². The van der Waals surface area contributed by atoms with Gasteiger partial charge in [0.15, 0.2) is 0 Å². The Morgan fingerprint density at radius 1 is 1.31 bits per heavy atom. The predicted molar refractivity (Wildman–Crippen MR) is 57.2 cm³/mol. The number of hydrogen-bond acceptors (Lipinski definition) is 1. The van der Waals surface area contributed by atoms with Gasteiger partial charge in [0.25, 0.3) is 0 Å². The Hall–Kier alpha value is -0.757. The molecule has 0 unspecified atom stereocenters. The van der Waals surface area contributed by atoms with Gasteiger partial charge in [0.2, 0.25) is 0 Å². The monoisotopic (exact) mass is 275 g/mol. The molecule has 1 aromatic rings. The second-order valence-corrected chi connectivity index (χ2v) is 5.48. The van der Waals surface area contributed by atoms with Gasteiger partial charge in [0.1, 0.15) is 0 Å². The van der Waals surface area contributed by atoms with Gasteiger partial charge in [0, 0.05) is 0 Å². The van der Waals surface area contributed by atoms with E-state index < -0.39 is 11.4 Å². The first-order valence-electron chi connectivity index (χ1n) is 5.04. The van der Waals surface area contributed by atoms with Gasteiger partial charge in [0.05, 0.1) is 5.41 Å². The summed E-state index contributed by atoms with van der Waals surface area (Å²) in [4.78, 5) is 10.0. The van der Waals surface area contributed by atoms with Crippen molar-refractivity contribution in [3.63, 3.8) is 0 Å². The van der Waals surface area contributed by atoms with E-state index in [4.69, 9.17) is 5.11 Å². The first kappa shape index (κ1) is 15.2. The summed E-state index contributed by atoms with van der Waals surface area (Å²) in [6.45, 7) is 4.99. The third kappa shape index (κ3) is 6.68. The molecular weight excluding hydrogens is 261 g/mol. The van der Waals surface area contributed by atoms with Crippen molar-refractivity contribution in [1.82, 2.24) is 0 Å². The van der Waals surface area contributed by atoms with Crippen LogP contribution in [0.15, 0.2) is 24.3 Å². The van der Waals surface area contributed by atoms with Crippen LogP contribution in [0.1, 0.15) is 26.3 Å². The molecule has 0 aliphatic carbocycles. The number of carboxylic acids is 1. The molecule has 0 spiro atoms. The Labute approximate surface area is 106 Å². The molecule has 0 atom stereocenters. The van der Waals surface area contributed by atoms with Gasteiger partial charge in [-0.15, -0.1) is 0 Å². The Balaban J connectivity index is 0.000000293. The first-order chi connectivity index (χ1) is 7.27. The summed E-state index contributed by atoms with van der Waals surface area (Å²) in [5.74, 6) is -0.903.